The van der Waals surface area contributed by atoms with Crippen molar-refractivity contribution in [1.82, 2.24) is 0 Å². The van der Waals surface area contributed by atoms with E-state index >= 15 is 0 Å². The Hall–Kier alpha value is -0.733. The van der Waals surface area contributed by atoms with E-state index < -0.39 is 31.6 Å². The monoisotopic (exact) mass is 388 g/mol. The Kier molecular flexibility index (Phi) is 7.26. The molecule has 0 aromatic rings. The van der Waals surface area contributed by atoms with Crippen LogP contribution in [0.5, 0.6) is 0 Å². The molecule has 1 aliphatic rings. The lowest BCUT2D eigenvalue weighted by Gasteiger charge is -2.48. The van der Waals surface area contributed by atoms with Gasteiger partial charge in [0.15, 0.2) is 8.32 Å². The van der Waals surface area contributed by atoms with Crippen molar-refractivity contribution in [2.24, 2.45) is 0 Å². The second kappa shape index (κ2) is 8.10. The van der Waals surface area contributed by atoms with Gasteiger partial charge in [-0.05, 0) is 44.5 Å². The van der Waals surface area contributed by atoms with Crippen LogP contribution in [-0.4, -0.2) is 57.2 Å². The SMILES string of the molecule is COC(=O)/C=C(\C)[C@H](C[C@@]1(O)COCOC1(C)C)O[Si](C)(C)C(C)(C)C. The Labute approximate surface area is 159 Å². The van der Waals surface area contributed by atoms with Crippen molar-refractivity contribution in [3.05, 3.63) is 11.6 Å². The Morgan fingerprint density at radius 2 is 1.92 bits per heavy atom. The normalized spacial score (nSPS) is 25.7. The minimum atomic E-state index is -2.14. The molecule has 1 saturated heterocycles. The van der Waals surface area contributed by atoms with E-state index in [1.54, 1.807) is 0 Å². The predicted molar refractivity (Wildman–Crippen MR) is 103 cm³/mol. The first-order valence-corrected chi connectivity index (χ1v) is 11.9. The molecule has 0 saturated carbocycles. The smallest absolute Gasteiger partial charge is 0.330 e. The molecule has 152 valence electrons. The molecule has 0 radical (unpaired) electrons. The number of carbonyl (C=O) groups is 1. The number of ether oxygens (including phenoxy) is 3. The number of carbonyl (C=O) groups excluding carboxylic acids is 1. The molecule has 1 N–H and O–H groups in total. The minimum Gasteiger partial charge on any atom is -0.466 e. The second-order valence-electron chi connectivity index (χ2n) is 9.13. The molecule has 0 aliphatic carbocycles. The van der Waals surface area contributed by atoms with Crippen molar-refractivity contribution in [3.63, 3.8) is 0 Å². The highest BCUT2D eigenvalue weighted by Gasteiger charge is 2.50. The minimum absolute atomic E-state index is 0.00546. The van der Waals surface area contributed by atoms with Crippen LogP contribution in [0.1, 0.15) is 48.0 Å². The number of esters is 1. The third-order valence-electron chi connectivity index (χ3n) is 5.79. The molecular formula is C19H36O6Si. The Morgan fingerprint density at radius 1 is 1.35 bits per heavy atom. The van der Waals surface area contributed by atoms with E-state index in [9.17, 15) is 9.90 Å². The molecule has 6 nitrogen and oxygen atoms in total. The van der Waals surface area contributed by atoms with Gasteiger partial charge in [0.25, 0.3) is 0 Å². The maximum Gasteiger partial charge on any atom is 0.330 e. The van der Waals surface area contributed by atoms with Gasteiger partial charge >= 0.3 is 5.97 Å². The third kappa shape index (κ3) is 5.39. The van der Waals surface area contributed by atoms with Crippen molar-refractivity contribution < 1.29 is 28.5 Å². The van der Waals surface area contributed by atoms with Crippen LogP contribution in [0.4, 0.5) is 0 Å². The summed E-state index contributed by atoms with van der Waals surface area (Å²) in [4.78, 5) is 11.7. The summed E-state index contributed by atoms with van der Waals surface area (Å²) in [5.74, 6) is -0.436. The highest BCUT2D eigenvalue weighted by atomic mass is 28.4. The molecule has 0 aromatic heterocycles. The molecule has 0 unspecified atom stereocenters. The van der Waals surface area contributed by atoms with E-state index in [-0.39, 0.29) is 24.9 Å². The number of methoxy groups -OCH3 is 1. The van der Waals surface area contributed by atoms with E-state index in [0.29, 0.717) is 0 Å². The molecule has 0 amide bonds. The van der Waals surface area contributed by atoms with Crippen molar-refractivity contribution in [1.29, 1.82) is 0 Å². The Balaban J connectivity index is 3.20. The van der Waals surface area contributed by atoms with Gasteiger partial charge in [-0.15, -0.1) is 0 Å². The molecule has 7 heteroatoms. The molecule has 2 atom stereocenters. The highest BCUT2D eigenvalue weighted by Crippen LogP contribution is 2.41. The Bertz CT molecular complexity index is 535. The first-order chi connectivity index (χ1) is 11.7. The maximum absolute atomic E-state index is 11.7. The quantitative estimate of drug-likeness (QED) is 0.427. The molecule has 1 rings (SSSR count). The van der Waals surface area contributed by atoms with Gasteiger partial charge in [-0.1, -0.05) is 20.8 Å². The highest BCUT2D eigenvalue weighted by molar-refractivity contribution is 6.74. The van der Waals surface area contributed by atoms with Gasteiger partial charge < -0.3 is 23.7 Å². The number of hydrogen-bond acceptors (Lipinski definition) is 6. The first kappa shape index (κ1) is 23.3. The van der Waals surface area contributed by atoms with Gasteiger partial charge in [-0.2, -0.15) is 0 Å². The molecule has 26 heavy (non-hydrogen) atoms. The summed E-state index contributed by atoms with van der Waals surface area (Å²) in [6.07, 6.45) is 1.26. The van der Waals surface area contributed by atoms with Gasteiger partial charge in [0.1, 0.15) is 12.4 Å². The van der Waals surface area contributed by atoms with Gasteiger partial charge in [-0.25, -0.2) is 4.79 Å². The van der Waals surface area contributed by atoms with E-state index in [4.69, 9.17) is 18.6 Å². The lowest BCUT2D eigenvalue weighted by atomic mass is 9.80. The van der Waals surface area contributed by atoms with Crippen LogP contribution in [0, 0.1) is 0 Å². The zero-order chi connectivity index (χ0) is 20.4. The lowest BCUT2D eigenvalue weighted by Crippen LogP contribution is -2.60. The van der Waals surface area contributed by atoms with E-state index in [1.807, 2.05) is 20.8 Å². The third-order valence-corrected chi connectivity index (χ3v) is 10.3. The van der Waals surface area contributed by atoms with Crippen molar-refractivity contribution in [3.8, 4) is 0 Å². The van der Waals surface area contributed by atoms with Crippen LogP contribution < -0.4 is 0 Å². The first-order valence-electron chi connectivity index (χ1n) is 9.03. The van der Waals surface area contributed by atoms with Crippen molar-refractivity contribution in [2.75, 3.05) is 20.5 Å². The zero-order valence-corrected chi connectivity index (χ0v) is 18.8. The van der Waals surface area contributed by atoms with Crippen LogP contribution in [0.3, 0.4) is 0 Å². The van der Waals surface area contributed by atoms with Crippen LogP contribution >= 0.6 is 0 Å². The Morgan fingerprint density at radius 3 is 2.38 bits per heavy atom. The zero-order valence-electron chi connectivity index (χ0n) is 17.8. The van der Waals surface area contributed by atoms with Gasteiger partial charge in [0.05, 0.1) is 25.4 Å². The fourth-order valence-corrected chi connectivity index (χ4v) is 3.82. The van der Waals surface area contributed by atoms with E-state index in [1.165, 1.54) is 13.2 Å². The van der Waals surface area contributed by atoms with Crippen LogP contribution in [0.25, 0.3) is 0 Å². The predicted octanol–water partition coefficient (Wildman–Crippen LogP) is 3.40. The van der Waals surface area contributed by atoms with Crippen LogP contribution in [0.2, 0.25) is 18.1 Å². The van der Waals surface area contributed by atoms with Gasteiger partial charge in [0, 0.05) is 12.5 Å². The van der Waals surface area contributed by atoms with Crippen molar-refractivity contribution in [2.45, 2.75) is 83.4 Å². The molecule has 0 spiro atoms. The second-order valence-corrected chi connectivity index (χ2v) is 13.9. The van der Waals surface area contributed by atoms with Crippen molar-refractivity contribution >= 4 is 14.3 Å². The number of aliphatic hydroxyl groups is 1. The summed E-state index contributed by atoms with van der Waals surface area (Å²) in [7, 11) is -0.799. The average molecular weight is 389 g/mol. The van der Waals surface area contributed by atoms with Gasteiger partial charge in [0.2, 0.25) is 0 Å². The maximum atomic E-state index is 11.7. The number of rotatable bonds is 6. The largest absolute Gasteiger partial charge is 0.466 e. The topological polar surface area (TPSA) is 74.2 Å². The summed E-state index contributed by atoms with van der Waals surface area (Å²) in [5.41, 5.74) is -1.30. The summed E-state index contributed by atoms with van der Waals surface area (Å²) >= 11 is 0. The summed E-state index contributed by atoms with van der Waals surface area (Å²) in [5, 5.41) is 11.2. The molecule has 1 fully saturated rings. The van der Waals surface area contributed by atoms with Crippen LogP contribution in [0.15, 0.2) is 11.6 Å². The van der Waals surface area contributed by atoms with E-state index in [2.05, 4.69) is 33.9 Å². The standard InChI is InChI=1S/C19H36O6Si/c1-14(10-16(20)22-7)15(25-26(8,9)17(2,3)4)11-19(21)12-23-13-24-18(19,5)6/h10,15,21H,11-13H2,1-9H3/b14-10+/t15-,19+/m0/s1. The molecule has 1 aliphatic heterocycles. The number of hydrogen-bond donors (Lipinski definition) is 1. The lowest BCUT2D eigenvalue weighted by molar-refractivity contribution is -0.285. The summed E-state index contributed by atoms with van der Waals surface area (Å²) in [6.45, 7) is 16.6. The van der Waals surface area contributed by atoms with E-state index in [0.717, 1.165) is 5.57 Å². The molecular weight excluding hydrogens is 352 g/mol. The summed E-state index contributed by atoms with van der Waals surface area (Å²) < 4.78 is 22.3. The molecule has 1 heterocycles. The summed E-state index contributed by atoms with van der Waals surface area (Å²) in [6, 6.07) is 0. The molecule has 0 bridgehead atoms. The fourth-order valence-electron chi connectivity index (χ4n) is 2.48. The molecule has 0 aromatic carbocycles. The van der Waals surface area contributed by atoms with Gasteiger partial charge in [-0.3, -0.25) is 0 Å². The fraction of sp³-hybridized carbons (Fsp3) is 0.842. The van der Waals surface area contributed by atoms with Crippen LogP contribution in [-0.2, 0) is 23.4 Å². The average Bonchev–Trinajstić information content (AvgIpc) is 2.48.